The van der Waals surface area contributed by atoms with Gasteiger partial charge in [-0.2, -0.15) is 0 Å². The normalized spacial score (nSPS) is 10.4. The monoisotopic (exact) mass is 495 g/mol. The van der Waals surface area contributed by atoms with Crippen LogP contribution in [-0.4, -0.2) is 49.4 Å². The molecule has 2 aromatic rings. The Balaban J connectivity index is 1.98. The lowest BCUT2D eigenvalue weighted by atomic mass is 10.1. The molecule has 11 heteroatoms. The standard InChI is InChI=1S/C22H25NO8S2/c1-5-29-21(27)18-13(4)19(22(28)30-6-2)33-20(18)23-16(25)11-31-17(26)10-8-14(24)15-9-7-12(3)32-15/h7,9H,5-6,8,10-11H2,1-4H3,(H,23,25). The number of anilines is 1. The van der Waals surface area contributed by atoms with Crippen LogP contribution in [0, 0.1) is 13.8 Å². The molecule has 0 aromatic carbocycles. The third-order valence-corrected chi connectivity index (χ3v) is 6.50. The van der Waals surface area contributed by atoms with Gasteiger partial charge in [0.1, 0.15) is 9.88 Å². The first-order valence-corrected chi connectivity index (χ1v) is 11.8. The highest BCUT2D eigenvalue weighted by Crippen LogP contribution is 2.34. The summed E-state index contributed by atoms with van der Waals surface area (Å²) in [6.45, 7) is 6.37. The van der Waals surface area contributed by atoms with Crippen LogP contribution >= 0.6 is 22.7 Å². The van der Waals surface area contributed by atoms with Crippen LogP contribution < -0.4 is 5.32 Å². The molecule has 1 N–H and O–H groups in total. The molecule has 0 aliphatic carbocycles. The fourth-order valence-electron chi connectivity index (χ4n) is 2.75. The van der Waals surface area contributed by atoms with Crippen molar-refractivity contribution in [3.63, 3.8) is 0 Å². The largest absolute Gasteiger partial charge is 0.462 e. The van der Waals surface area contributed by atoms with E-state index in [2.05, 4.69) is 5.32 Å². The minimum Gasteiger partial charge on any atom is -0.462 e. The van der Waals surface area contributed by atoms with Crippen molar-refractivity contribution in [2.45, 2.75) is 40.5 Å². The maximum Gasteiger partial charge on any atom is 0.348 e. The van der Waals surface area contributed by atoms with Gasteiger partial charge in [0, 0.05) is 11.3 Å². The maximum atomic E-state index is 12.4. The lowest BCUT2D eigenvalue weighted by Gasteiger charge is -2.08. The number of nitrogens with one attached hydrogen (secondary N) is 1. The topological polar surface area (TPSA) is 125 Å². The van der Waals surface area contributed by atoms with Crippen molar-refractivity contribution >= 4 is 57.3 Å². The van der Waals surface area contributed by atoms with Crippen LogP contribution in [0.4, 0.5) is 5.00 Å². The minimum atomic E-state index is -0.703. The highest BCUT2D eigenvalue weighted by molar-refractivity contribution is 7.18. The molecule has 9 nitrogen and oxygen atoms in total. The Kier molecular flexibility index (Phi) is 9.74. The summed E-state index contributed by atoms with van der Waals surface area (Å²) in [6, 6.07) is 3.53. The van der Waals surface area contributed by atoms with Gasteiger partial charge in [-0.15, -0.1) is 22.7 Å². The number of hydrogen-bond acceptors (Lipinski definition) is 10. The van der Waals surface area contributed by atoms with Crippen molar-refractivity contribution in [2.75, 3.05) is 25.1 Å². The van der Waals surface area contributed by atoms with Crippen molar-refractivity contribution < 1.29 is 38.2 Å². The Hall–Kier alpha value is -3.05. The number of ketones is 1. The SMILES string of the molecule is CCOC(=O)c1sc(NC(=O)COC(=O)CCC(=O)c2ccc(C)s2)c(C(=O)OCC)c1C. The molecule has 0 spiro atoms. The molecule has 1 amide bonds. The van der Waals surface area contributed by atoms with Gasteiger partial charge in [0.05, 0.1) is 30.1 Å². The van der Waals surface area contributed by atoms with E-state index in [4.69, 9.17) is 14.2 Å². The van der Waals surface area contributed by atoms with E-state index in [9.17, 15) is 24.0 Å². The molecule has 0 unspecified atom stereocenters. The number of ether oxygens (including phenoxy) is 3. The van der Waals surface area contributed by atoms with Gasteiger partial charge in [0.15, 0.2) is 12.4 Å². The molecule has 33 heavy (non-hydrogen) atoms. The summed E-state index contributed by atoms with van der Waals surface area (Å²) >= 11 is 2.22. The van der Waals surface area contributed by atoms with Crippen molar-refractivity contribution in [3.05, 3.63) is 37.9 Å². The van der Waals surface area contributed by atoms with E-state index >= 15 is 0 Å². The predicted molar refractivity (Wildman–Crippen MR) is 123 cm³/mol. The fraction of sp³-hybridized carbons (Fsp3) is 0.409. The average molecular weight is 496 g/mol. The quantitative estimate of drug-likeness (QED) is 0.282. The maximum absolute atomic E-state index is 12.4. The number of Topliss-reactive ketones (excluding diaryl/α,β-unsaturated/α-hetero) is 1. The summed E-state index contributed by atoms with van der Waals surface area (Å²) < 4.78 is 14.9. The summed E-state index contributed by atoms with van der Waals surface area (Å²) in [5.74, 6) is -2.90. The number of thiophene rings is 2. The first kappa shape index (κ1) is 26.2. The molecule has 0 aliphatic heterocycles. The summed E-state index contributed by atoms with van der Waals surface area (Å²) in [4.78, 5) is 62.6. The minimum absolute atomic E-state index is 0.0273. The van der Waals surface area contributed by atoms with E-state index in [-0.39, 0.29) is 47.3 Å². The molecule has 2 aromatic heterocycles. The average Bonchev–Trinajstić information content (AvgIpc) is 3.34. The van der Waals surface area contributed by atoms with Crippen LogP contribution in [0.15, 0.2) is 12.1 Å². The molecule has 2 heterocycles. The number of hydrogen-bond donors (Lipinski definition) is 1. The molecular weight excluding hydrogens is 470 g/mol. The second-order valence-corrected chi connectivity index (χ2v) is 9.05. The molecule has 0 fully saturated rings. The third kappa shape index (κ3) is 7.22. The van der Waals surface area contributed by atoms with E-state index in [0.29, 0.717) is 10.4 Å². The molecule has 0 radical (unpaired) electrons. The van der Waals surface area contributed by atoms with Gasteiger partial charge in [-0.05, 0) is 45.4 Å². The third-order valence-electron chi connectivity index (χ3n) is 4.28. The number of esters is 3. The Labute approximate surface area is 199 Å². The zero-order chi connectivity index (χ0) is 24.5. The number of rotatable bonds is 11. The van der Waals surface area contributed by atoms with Crippen LogP contribution in [0.3, 0.4) is 0 Å². The summed E-state index contributed by atoms with van der Waals surface area (Å²) in [7, 11) is 0. The summed E-state index contributed by atoms with van der Waals surface area (Å²) in [5, 5.41) is 2.58. The van der Waals surface area contributed by atoms with E-state index < -0.39 is 30.4 Å². The van der Waals surface area contributed by atoms with Gasteiger partial charge in [-0.1, -0.05) is 0 Å². The van der Waals surface area contributed by atoms with E-state index in [0.717, 1.165) is 16.2 Å². The molecule has 0 saturated carbocycles. The molecule has 0 saturated heterocycles. The summed E-state index contributed by atoms with van der Waals surface area (Å²) in [5.41, 5.74) is 0.368. The lowest BCUT2D eigenvalue weighted by molar-refractivity contribution is -0.147. The van der Waals surface area contributed by atoms with Crippen LogP contribution in [-0.2, 0) is 23.8 Å². The predicted octanol–water partition coefficient (Wildman–Crippen LogP) is 3.92. The summed E-state index contributed by atoms with van der Waals surface area (Å²) in [6.07, 6.45) is -0.192. The zero-order valence-electron chi connectivity index (χ0n) is 18.8. The van der Waals surface area contributed by atoms with Crippen LogP contribution in [0.1, 0.15) is 66.8 Å². The Bertz CT molecular complexity index is 1050. The van der Waals surface area contributed by atoms with Crippen LogP contribution in [0.2, 0.25) is 0 Å². The molecule has 2 rings (SSSR count). The van der Waals surface area contributed by atoms with Gasteiger partial charge in [-0.3, -0.25) is 14.4 Å². The highest BCUT2D eigenvalue weighted by atomic mass is 32.1. The van der Waals surface area contributed by atoms with Gasteiger partial charge >= 0.3 is 17.9 Å². The fourth-order valence-corrected chi connectivity index (χ4v) is 4.69. The highest BCUT2D eigenvalue weighted by Gasteiger charge is 2.27. The van der Waals surface area contributed by atoms with Crippen molar-refractivity contribution in [2.24, 2.45) is 0 Å². The first-order chi connectivity index (χ1) is 15.7. The van der Waals surface area contributed by atoms with Crippen molar-refractivity contribution in [1.29, 1.82) is 0 Å². The number of amides is 1. The smallest absolute Gasteiger partial charge is 0.348 e. The van der Waals surface area contributed by atoms with Crippen molar-refractivity contribution in [3.8, 4) is 0 Å². The molecular formula is C22H25NO8S2. The van der Waals surface area contributed by atoms with E-state index in [1.54, 1.807) is 26.8 Å². The van der Waals surface area contributed by atoms with Gasteiger partial charge in [0.25, 0.3) is 5.91 Å². The number of aryl methyl sites for hydroxylation is 1. The van der Waals surface area contributed by atoms with Gasteiger partial charge < -0.3 is 19.5 Å². The van der Waals surface area contributed by atoms with Crippen LogP contribution in [0.25, 0.3) is 0 Å². The lowest BCUT2D eigenvalue weighted by Crippen LogP contribution is -2.22. The Morgan fingerprint density at radius 1 is 0.879 bits per heavy atom. The molecule has 178 valence electrons. The molecule has 0 bridgehead atoms. The molecule has 0 atom stereocenters. The zero-order valence-corrected chi connectivity index (χ0v) is 20.4. The van der Waals surface area contributed by atoms with Crippen LogP contribution in [0.5, 0.6) is 0 Å². The second kappa shape index (κ2) is 12.3. The van der Waals surface area contributed by atoms with Gasteiger partial charge in [-0.25, -0.2) is 9.59 Å². The first-order valence-electron chi connectivity index (χ1n) is 10.2. The number of carbonyl (C=O) groups excluding carboxylic acids is 5. The number of carbonyl (C=O) groups is 5. The Morgan fingerprint density at radius 2 is 1.55 bits per heavy atom. The second-order valence-electron chi connectivity index (χ2n) is 6.74. The van der Waals surface area contributed by atoms with Crippen molar-refractivity contribution in [1.82, 2.24) is 0 Å². The Morgan fingerprint density at radius 3 is 2.15 bits per heavy atom. The van der Waals surface area contributed by atoms with Gasteiger partial charge in [0.2, 0.25) is 0 Å². The van der Waals surface area contributed by atoms with E-state index in [1.807, 2.05) is 13.0 Å². The van der Waals surface area contributed by atoms with E-state index in [1.165, 1.54) is 11.3 Å². The molecule has 0 aliphatic rings.